The van der Waals surface area contributed by atoms with Gasteiger partial charge in [-0.2, -0.15) is 0 Å². The van der Waals surface area contributed by atoms with Crippen LogP contribution in [0.15, 0.2) is 18.2 Å². The summed E-state index contributed by atoms with van der Waals surface area (Å²) in [5, 5.41) is 0. The Hall–Kier alpha value is -1.14. The van der Waals surface area contributed by atoms with Gasteiger partial charge in [0.1, 0.15) is 5.75 Å². The highest BCUT2D eigenvalue weighted by atomic mass is 19.3. The predicted molar refractivity (Wildman–Crippen MR) is 82.9 cm³/mol. The lowest BCUT2D eigenvalue weighted by molar-refractivity contribution is 0.00578. The first-order valence-corrected chi connectivity index (χ1v) is 7.48. The lowest BCUT2D eigenvalue weighted by atomic mass is 9.78. The van der Waals surface area contributed by atoms with Crippen LogP contribution in [0, 0.1) is 0 Å². The van der Waals surface area contributed by atoms with Crippen molar-refractivity contribution >= 4 is 12.6 Å². The van der Waals surface area contributed by atoms with E-state index in [0.717, 1.165) is 0 Å². The van der Waals surface area contributed by atoms with Crippen molar-refractivity contribution in [1.29, 1.82) is 0 Å². The number of rotatable bonds is 4. The summed E-state index contributed by atoms with van der Waals surface area (Å²) < 4.78 is 43.5. The smallest absolute Gasteiger partial charge is 0.491 e. The normalized spacial score (nSPS) is 20.0. The second-order valence-electron chi connectivity index (χ2n) is 6.85. The minimum atomic E-state index is -2.54. The van der Waals surface area contributed by atoms with Gasteiger partial charge in [0.05, 0.1) is 17.3 Å². The van der Waals surface area contributed by atoms with Crippen LogP contribution < -0.4 is 10.2 Å². The van der Waals surface area contributed by atoms with E-state index in [4.69, 9.17) is 14.0 Å². The van der Waals surface area contributed by atoms with Crippen LogP contribution in [0.2, 0.25) is 0 Å². The van der Waals surface area contributed by atoms with Crippen molar-refractivity contribution < 1.29 is 22.8 Å². The first-order chi connectivity index (χ1) is 10.0. The Kier molecular flexibility index (Phi) is 4.55. The van der Waals surface area contributed by atoms with Gasteiger partial charge >= 0.3 is 7.12 Å². The average Bonchev–Trinajstić information content (AvgIpc) is 2.57. The topological polar surface area (TPSA) is 27.7 Å². The van der Waals surface area contributed by atoms with Crippen molar-refractivity contribution in [2.75, 3.05) is 0 Å². The molecule has 0 atom stereocenters. The summed E-state index contributed by atoms with van der Waals surface area (Å²) in [7, 11) is -0.634. The lowest BCUT2D eigenvalue weighted by Gasteiger charge is -2.32. The first-order valence-electron chi connectivity index (χ1n) is 7.48. The number of ether oxygens (including phenoxy) is 1. The van der Waals surface area contributed by atoms with Crippen LogP contribution >= 0.6 is 0 Å². The Morgan fingerprint density at radius 2 is 1.59 bits per heavy atom. The zero-order valence-electron chi connectivity index (χ0n) is 13.9. The van der Waals surface area contributed by atoms with Crippen molar-refractivity contribution in [3.63, 3.8) is 0 Å². The Bertz CT molecular complexity index is 528. The van der Waals surface area contributed by atoms with Crippen LogP contribution in [0.3, 0.4) is 0 Å². The molecule has 0 unspecified atom stereocenters. The molecule has 6 heteroatoms. The molecule has 3 nitrogen and oxygen atoms in total. The van der Waals surface area contributed by atoms with Gasteiger partial charge in [0.15, 0.2) is 0 Å². The van der Waals surface area contributed by atoms with Crippen LogP contribution in [0.25, 0.3) is 0 Å². The third-order valence-electron chi connectivity index (χ3n) is 4.16. The molecule has 0 aliphatic carbocycles. The number of hydrogen-bond donors (Lipinski definition) is 0. The van der Waals surface area contributed by atoms with E-state index in [9.17, 15) is 8.78 Å². The van der Waals surface area contributed by atoms with Gasteiger partial charge in [-0.05, 0) is 47.6 Å². The molecule has 1 heterocycles. The molecule has 1 aromatic rings. The molecule has 0 spiro atoms. The molecule has 2 rings (SSSR count). The molecule has 0 aromatic heterocycles. The fourth-order valence-electron chi connectivity index (χ4n) is 2.21. The molecule has 1 saturated heterocycles. The van der Waals surface area contributed by atoms with Gasteiger partial charge in [0.25, 0.3) is 6.43 Å². The molecule has 1 fully saturated rings. The van der Waals surface area contributed by atoms with Crippen LogP contribution in [0.5, 0.6) is 5.75 Å². The van der Waals surface area contributed by atoms with E-state index in [2.05, 4.69) is 0 Å². The zero-order chi connectivity index (χ0) is 16.7. The molecule has 22 heavy (non-hydrogen) atoms. The molecule has 0 amide bonds. The van der Waals surface area contributed by atoms with E-state index < -0.39 is 24.7 Å². The van der Waals surface area contributed by atoms with Crippen LogP contribution in [-0.4, -0.2) is 24.4 Å². The van der Waals surface area contributed by atoms with Crippen LogP contribution in [0.1, 0.15) is 53.5 Å². The third-order valence-corrected chi connectivity index (χ3v) is 4.16. The minimum Gasteiger partial charge on any atom is -0.491 e. The van der Waals surface area contributed by atoms with Crippen molar-refractivity contribution in [3.8, 4) is 5.75 Å². The summed E-state index contributed by atoms with van der Waals surface area (Å²) in [6, 6.07) is 4.35. The first kappa shape index (κ1) is 17.2. The predicted octanol–water partition coefficient (Wildman–Crippen LogP) is 3.71. The van der Waals surface area contributed by atoms with Gasteiger partial charge in [0.2, 0.25) is 0 Å². The zero-order valence-corrected chi connectivity index (χ0v) is 13.9. The number of halogens is 2. The highest BCUT2D eigenvalue weighted by molar-refractivity contribution is 6.63. The van der Waals surface area contributed by atoms with E-state index >= 15 is 0 Å². The van der Waals surface area contributed by atoms with Gasteiger partial charge in [-0.15, -0.1) is 0 Å². The fraction of sp³-hybridized carbons (Fsp3) is 0.625. The molecule has 1 aliphatic heterocycles. The average molecular weight is 312 g/mol. The van der Waals surface area contributed by atoms with Crippen molar-refractivity contribution in [1.82, 2.24) is 0 Å². The van der Waals surface area contributed by atoms with Gasteiger partial charge in [-0.25, -0.2) is 8.78 Å². The van der Waals surface area contributed by atoms with E-state index in [0.29, 0.717) is 11.2 Å². The van der Waals surface area contributed by atoms with E-state index in [1.165, 1.54) is 12.1 Å². The number of alkyl halides is 2. The minimum absolute atomic E-state index is 0.0732. The molecule has 1 aromatic carbocycles. The molecule has 0 saturated carbocycles. The molecule has 0 N–H and O–H groups in total. The van der Waals surface area contributed by atoms with Crippen LogP contribution in [-0.2, 0) is 9.31 Å². The van der Waals surface area contributed by atoms with E-state index in [1.54, 1.807) is 6.07 Å². The molecule has 0 bridgehead atoms. The van der Waals surface area contributed by atoms with Gasteiger partial charge in [-0.3, -0.25) is 0 Å². The van der Waals surface area contributed by atoms with Crippen LogP contribution in [0.4, 0.5) is 8.78 Å². The van der Waals surface area contributed by atoms with Crippen molar-refractivity contribution in [2.24, 2.45) is 0 Å². The SMILES string of the molecule is CC(C)Oc1cc(C(F)F)ccc1B1OC(C)(C)C(C)(C)O1. The Labute approximate surface area is 131 Å². The van der Waals surface area contributed by atoms with Crippen molar-refractivity contribution in [3.05, 3.63) is 23.8 Å². The second kappa shape index (κ2) is 5.82. The van der Waals surface area contributed by atoms with E-state index in [1.807, 2.05) is 41.5 Å². The summed E-state index contributed by atoms with van der Waals surface area (Å²) in [6.07, 6.45) is -2.67. The molecule has 0 radical (unpaired) electrons. The molecular formula is C16H23BF2O3. The maximum absolute atomic E-state index is 12.9. The number of benzene rings is 1. The Morgan fingerprint density at radius 1 is 1.05 bits per heavy atom. The van der Waals surface area contributed by atoms with Gasteiger partial charge in [-0.1, -0.05) is 12.1 Å². The summed E-state index contributed by atoms with van der Waals surface area (Å²) >= 11 is 0. The maximum Gasteiger partial charge on any atom is 0.498 e. The molecule has 122 valence electrons. The van der Waals surface area contributed by atoms with Gasteiger partial charge < -0.3 is 14.0 Å². The Balaban J connectivity index is 2.38. The quantitative estimate of drug-likeness (QED) is 0.793. The summed E-state index contributed by atoms with van der Waals surface area (Å²) in [5.74, 6) is 0.381. The lowest BCUT2D eigenvalue weighted by Crippen LogP contribution is -2.41. The molecular weight excluding hydrogens is 289 g/mol. The number of hydrogen-bond acceptors (Lipinski definition) is 3. The Morgan fingerprint density at radius 3 is 2.05 bits per heavy atom. The monoisotopic (exact) mass is 312 g/mol. The van der Waals surface area contributed by atoms with Crippen molar-refractivity contribution in [2.45, 2.75) is 65.3 Å². The van der Waals surface area contributed by atoms with E-state index in [-0.39, 0.29) is 11.7 Å². The summed E-state index contributed by atoms with van der Waals surface area (Å²) in [4.78, 5) is 0. The third kappa shape index (κ3) is 3.28. The standard InChI is InChI=1S/C16H23BF2O3/c1-10(2)20-13-9-11(14(18)19)7-8-12(13)17-21-15(3,4)16(5,6)22-17/h7-10,14H,1-6H3. The highest BCUT2D eigenvalue weighted by Gasteiger charge is 2.52. The molecule has 1 aliphatic rings. The van der Waals surface area contributed by atoms with Gasteiger partial charge in [0, 0.05) is 11.0 Å². The summed E-state index contributed by atoms with van der Waals surface area (Å²) in [6.45, 7) is 11.5. The largest absolute Gasteiger partial charge is 0.498 e. The maximum atomic E-state index is 12.9. The summed E-state index contributed by atoms with van der Waals surface area (Å²) in [5.41, 5.74) is -0.421. The highest BCUT2D eigenvalue weighted by Crippen LogP contribution is 2.37. The second-order valence-corrected chi connectivity index (χ2v) is 6.85. The fourth-order valence-corrected chi connectivity index (χ4v) is 2.21.